The average molecular weight is 371 g/mol. The first kappa shape index (κ1) is 20.2. The van der Waals surface area contributed by atoms with Crippen LogP contribution in [0.3, 0.4) is 0 Å². The quantitative estimate of drug-likeness (QED) is 0.771. The van der Waals surface area contributed by atoms with Crippen molar-refractivity contribution in [2.24, 2.45) is 0 Å². The van der Waals surface area contributed by atoms with Gasteiger partial charge in [-0.15, -0.1) is 24.8 Å². The molecule has 24 heavy (non-hydrogen) atoms. The van der Waals surface area contributed by atoms with Gasteiger partial charge in [0, 0.05) is 12.2 Å². The lowest BCUT2D eigenvalue weighted by Gasteiger charge is -2.22. The van der Waals surface area contributed by atoms with Gasteiger partial charge in [-0.25, -0.2) is 4.98 Å². The van der Waals surface area contributed by atoms with Gasteiger partial charge in [0.1, 0.15) is 11.9 Å². The second-order valence-electron chi connectivity index (χ2n) is 4.99. The Morgan fingerprint density at radius 1 is 1.12 bits per heavy atom. The lowest BCUT2D eigenvalue weighted by Crippen LogP contribution is -2.48. The van der Waals surface area contributed by atoms with Crippen LogP contribution in [0, 0.1) is 0 Å². The molecular weight excluding hydrogens is 351 g/mol. The summed E-state index contributed by atoms with van der Waals surface area (Å²) in [7, 11) is 0. The van der Waals surface area contributed by atoms with Crippen molar-refractivity contribution in [3.05, 3.63) is 48.7 Å². The molecule has 3 N–H and O–H groups in total. The minimum Gasteiger partial charge on any atom is -0.378 e. The molecule has 1 aliphatic heterocycles. The van der Waals surface area contributed by atoms with E-state index in [1.54, 1.807) is 6.20 Å². The van der Waals surface area contributed by atoms with E-state index in [9.17, 15) is 4.79 Å². The zero-order chi connectivity index (χ0) is 15.2. The fourth-order valence-corrected chi connectivity index (χ4v) is 2.17. The van der Waals surface area contributed by atoms with E-state index in [0.29, 0.717) is 25.4 Å². The van der Waals surface area contributed by atoms with Crippen LogP contribution in [0.15, 0.2) is 48.7 Å². The van der Waals surface area contributed by atoms with Gasteiger partial charge in [0.2, 0.25) is 5.91 Å². The minimum absolute atomic E-state index is 0. The van der Waals surface area contributed by atoms with Gasteiger partial charge >= 0.3 is 0 Å². The molecule has 0 radical (unpaired) electrons. The van der Waals surface area contributed by atoms with Crippen LogP contribution in [0.5, 0.6) is 0 Å². The van der Waals surface area contributed by atoms with E-state index < -0.39 is 0 Å². The number of ether oxygens (including phenoxy) is 1. The Morgan fingerprint density at radius 3 is 2.54 bits per heavy atom. The Labute approximate surface area is 153 Å². The molecule has 1 saturated heterocycles. The number of carbonyl (C=O) groups excluding carboxylic acids is 1. The number of halogens is 2. The van der Waals surface area contributed by atoms with Crippen LogP contribution in [-0.2, 0) is 9.53 Å². The Balaban J connectivity index is 0.00000144. The molecular formula is C16H20Cl2N4O2. The number of anilines is 3. The Bertz CT molecular complexity index is 620. The summed E-state index contributed by atoms with van der Waals surface area (Å²) < 4.78 is 5.28. The van der Waals surface area contributed by atoms with Crippen molar-refractivity contribution in [1.82, 2.24) is 10.3 Å². The molecule has 1 atom stereocenters. The molecule has 1 aliphatic rings. The van der Waals surface area contributed by atoms with Crippen molar-refractivity contribution >= 4 is 47.9 Å². The van der Waals surface area contributed by atoms with Crippen molar-refractivity contribution in [2.45, 2.75) is 6.04 Å². The summed E-state index contributed by atoms with van der Waals surface area (Å²) in [6.45, 7) is 1.73. The molecule has 3 rings (SSSR count). The van der Waals surface area contributed by atoms with Crippen LogP contribution in [0.2, 0.25) is 0 Å². The third-order valence-corrected chi connectivity index (χ3v) is 3.32. The predicted octanol–water partition coefficient (Wildman–Crippen LogP) is 2.60. The number of morpholine rings is 1. The fourth-order valence-electron chi connectivity index (χ4n) is 2.17. The highest BCUT2D eigenvalue weighted by atomic mass is 35.5. The maximum Gasteiger partial charge on any atom is 0.243 e. The van der Waals surface area contributed by atoms with Crippen molar-refractivity contribution < 1.29 is 9.53 Å². The number of hydrogen-bond donors (Lipinski definition) is 3. The van der Waals surface area contributed by atoms with E-state index in [1.165, 1.54) is 0 Å². The number of para-hydroxylation sites is 1. The van der Waals surface area contributed by atoms with Crippen LogP contribution in [0.1, 0.15) is 0 Å². The molecule has 2 heterocycles. The van der Waals surface area contributed by atoms with Gasteiger partial charge in [-0.05, 0) is 24.3 Å². The van der Waals surface area contributed by atoms with E-state index >= 15 is 0 Å². The van der Waals surface area contributed by atoms with Crippen LogP contribution in [0.25, 0.3) is 0 Å². The summed E-state index contributed by atoms with van der Waals surface area (Å²) in [5.41, 5.74) is 1.63. The van der Waals surface area contributed by atoms with Crippen molar-refractivity contribution in [2.75, 3.05) is 30.4 Å². The molecule has 0 spiro atoms. The summed E-state index contributed by atoms with van der Waals surface area (Å²) in [6.07, 6.45) is 1.63. The standard InChI is InChI=1S/C16H18N4O2.2ClH/c21-16(14-11-22-9-8-17-14)20-13-6-7-15(18-10-13)19-12-4-2-1-3-5-12;;/h1-7,10,14,17H,8-9,11H2,(H,18,19)(H,20,21);2*1H. The number of aromatic nitrogens is 1. The van der Waals surface area contributed by atoms with Crippen molar-refractivity contribution in [3.8, 4) is 0 Å². The lowest BCUT2D eigenvalue weighted by molar-refractivity contribution is -0.120. The SMILES string of the molecule is Cl.Cl.O=C(Nc1ccc(Nc2ccccc2)nc1)C1COCCN1. The summed E-state index contributed by atoms with van der Waals surface area (Å²) >= 11 is 0. The number of benzene rings is 1. The van der Waals surface area contributed by atoms with E-state index in [4.69, 9.17) is 4.74 Å². The number of hydrogen-bond acceptors (Lipinski definition) is 5. The number of rotatable bonds is 4. The Morgan fingerprint density at radius 2 is 1.92 bits per heavy atom. The van der Waals surface area contributed by atoms with Crippen LogP contribution in [0.4, 0.5) is 17.2 Å². The third kappa shape index (κ3) is 5.65. The highest BCUT2D eigenvalue weighted by Gasteiger charge is 2.21. The molecule has 2 aromatic rings. The van der Waals surface area contributed by atoms with Gasteiger partial charge in [0.05, 0.1) is 25.1 Å². The van der Waals surface area contributed by atoms with Gasteiger partial charge in [0.15, 0.2) is 0 Å². The average Bonchev–Trinajstić information content (AvgIpc) is 2.58. The molecule has 0 saturated carbocycles. The molecule has 130 valence electrons. The van der Waals surface area contributed by atoms with Crippen LogP contribution < -0.4 is 16.0 Å². The Kier molecular flexibility index (Phi) is 8.49. The zero-order valence-electron chi connectivity index (χ0n) is 12.9. The molecule has 1 amide bonds. The monoisotopic (exact) mass is 370 g/mol. The summed E-state index contributed by atoms with van der Waals surface area (Å²) in [4.78, 5) is 16.3. The lowest BCUT2D eigenvalue weighted by atomic mass is 10.2. The van der Waals surface area contributed by atoms with Crippen LogP contribution >= 0.6 is 24.8 Å². The molecule has 1 unspecified atom stereocenters. The van der Waals surface area contributed by atoms with Crippen LogP contribution in [-0.4, -0.2) is 36.7 Å². The first-order valence-electron chi connectivity index (χ1n) is 7.21. The van der Waals surface area contributed by atoms with Gasteiger partial charge in [-0.2, -0.15) is 0 Å². The second-order valence-corrected chi connectivity index (χ2v) is 4.99. The summed E-state index contributed by atoms with van der Waals surface area (Å²) in [6, 6.07) is 13.1. The molecule has 0 aliphatic carbocycles. The first-order valence-corrected chi connectivity index (χ1v) is 7.21. The van der Waals surface area contributed by atoms with E-state index in [1.807, 2.05) is 42.5 Å². The maximum atomic E-state index is 12.0. The first-order chi connectivity index (χ1) is 10.8. The normalized spacial score (nSPS) is 16.2. The maximum absolute atomic E-state index is 12.0. The molecule has 1 fully saturated rings. The highest BCUT2D eigenvalue weighted by Crippen LogP contribution is 2.15. The smallest absolute Gasteiger partial charge is 0.243 e. The van der Waals surface area contributed by atoms with E-state index in [-0.39, 0.29) is 36.8 Å². The van der Waals surface area contributed by atoms with Crippen molar-refractivity contribution in [3.63, 3.8) is 0 Å². The minimum atomic E-state index is -0.309. The summed E-state index contributed by atoms with van der Waals surface area (Å²) in [5, 5.41) is 9.14. The number of carbonyl (C=O) groups is 1. The molecule has 8 heteroatoms. The number of pyridine rings is 1. The molecule has 6 nitrogen and oxygen atoms in total. The second kappa shape index (κ2) is 10.1. The third-order valence-electron chi connectivity index (χ3n) is 3.32. The summed E-state index contributed by atoms with van der Waals surface area (Å²) in [5.74, 6) is 0.619. The topological polar surface area (TPSA) is 75.3 Å². The van der Waals surface area contributed by atoms with E-state index in [0.717, 1.165) is 11.5 Å². The highest BCUT2D eigenvalue weighted by molar-refractivity contribution is 5.95. The van der Waals surface area contributed by atoms with E-state index in [2.05, 4.69) is 20.9 Å². The van der Waals surface area contributed by atoms with Gasteiger partial charge in [-0.1, -0.05) is 18.2 Å². The fraction of sp³-hybridized carbons (Fsp3) is 0.250. The van der Waals surface area contributed by atoms with Crippen molar-refractivity contribution in [1.29, 1.82) is 0 Å². The Hall–Kier alpha value is -1.86. The zero-order valence-corrected chi connectivity index (χ0v) is 14.5. The number of nitrogens with zero attached hydrogens (tertiary/aromatic N) is 1. The predicted molar refractivity (Wildman–Crippen MR) is 99.7 cm³/mol. The number of amides is 1. The molecule has 0 bridgehead atoms. The van der Waals surface area contributed by atoms with Gasteiger partial charge in [0.25, 0.3) is 0 Å². The molecule has 1 aromatic carbocycles. The molecule has 1 aromatic heterocycles. The largest absolute Gasteiger partial charge is 0.378 e. The van der Waals surface area contributed by atoms with Gasteiger partial charge < -0.3 is 20.7 Å². The van der Waals surface area contributed by atoms with Gasteiger partial charge in [-0.3, -0.25) is 4.79 Å². The number of nitrogens with one attached hydrogen (secondary N) is 3.